The van der Waals surface area contributed by atoms with Crippen molar-refractivity contribution in [2.24, 2.45) is 0 Å². The van der Waals surface area contributed by atoms with Crippen molar-refractivity contribution in [2.75, 3.05) is 0 Å². The Bertz CT molecular complexity index is 1240. The lowest BCUT2D eigenvalue weighted by molar-refractivity contribution is 1.60. The maximum Gasteiger partial charge on any atom is 0.0413 e. The number of thiophene rings is 1. The van der Waals surface area contributed by atoms with Gasteiger partial charge in [-0.3, -0.25) is 0 Å². The van der Waals surface area contributed by atoms with Crippen molar-refractivity contribution >= 4 is 43.1 Å². The van der Waals surface area contributed by atoms with Crippen LogP contribution in [-0.4, -0.2) is 0 Å². The molecule has 0 saturated heterocycles. The second kappa shape index (κ2) is 6.28. The third kappa shape index (κ3) is 2.52. The van der Waals surface area contributed by atoms with Crippen molar-refractivity contribution in [2.45, 2.75) is 0 Å². The van der Waals surface area contributed by atoms with Crippen LogP contribution in [0.5, 0.6) is 0 Å². The third-order valence-corrected chi connectivity index (χ3v) is 6.13. The van der Waals surface area contributed by atoms with Gasteiger partial charge in [0.25, 0.3) is 0 Å². The molecule has 124 valence electrons. The summed E-state index contributed by atoms with van der Waals surface area (Å²) in [7, 11) is 0. The Hall–Kier alpha value is -2.61. The summed E-state index contributed by atoms with van der Waals surface area (Å²) in [4.78, 5) is 0. The van der Waals surface area contributed by atoms with Gasteiger partial charge in [-0.15, -0.1) is 11.3 Å². The van der Waals surface area contributed by atoms with Gasteiger partial charge in [-0.25, -0.2) is 0 Å². The summed E-state index contributed by atoms with van der Waals surface area (Å²) in [6, 6.07) is 31.9. The van der Waals surface area contributed by atoms with Gasteiger partial charge in [0, 0.05) is 25.2 Å². The smallest absolute Gasteiger partial charge is 0.0413 e. The molecule has 2 heteroatoms. The van der Waals surface area contributed by atoms with Crippen molar-refractivity contribution < 1.29 is 0 Å². The highest BCUT2D eigenvalue weighted by molar-refractivity contribution is 7.26. The van der Waals surface area contributed by atoms with Crippen LogP contribution in [0.25, 0.3) is 42.4 Å². The third-order valence-electron chi connectivity index (χ3n) is 4.76. The van der Waals surface area contributed by atoms with E-state index in [4.69, 9.17) is 11.6 Å². The van der Waals surface area contributed by atoms with Crippen LogP contribution in [-0.2, 0) is 0 Å². The van der Waals surface area contributed by atoms with Gasteiger partial charge in [0.05, 0.1) is 0 Å². The highest BCUT2D eigenvalue weighted by Crippen LogP contribution is 2.43. The van der Waals surface area contributed by atoms with Crippen molar-refractivity contribution in [3.05, 3.63) is 96.0 Å². The van der Waals surface area contributed by atoms with Crippen LogP contribution >= 0.6 is 22.9 Å². The van der Waals surface area contributed by atoms with Crippen LogP contribution in [0.15, 0.2) is 91.0 Å². The molecule has 5 rings (SSSR count). The Morgan fingerprint density at radius 2 is 1.31 bits per heavy atom. The molecule has 1 heterocycles. The second-order valence-corrected chi connectivity index (χ2v) is 7.85. The molecular weight excluding hydrogens is 356 g/mol. The summed E-state index contributed by atoms with van der Waals surface area (Å²) in [5, 5.41) is 3.30. The molecule has 26 heavy (non-hydrogen) atoms. The first-order valence-electron chi connectivity index (χ1n) is 8.57. The first kappa shape index (κ1) is 15.6. The fraction of sp³-hybridized carbons (Fsp3) is 0. The largest absolute Gasteiger partial charge is 0.135 e. The fourth-order valence-electron chi connectivity index (χ4n) is 3.61. The van der Waals surface area contributed by atoms with Crippen molar-refractivity contribution in [3.8, 4) is 22.3 Å². The fourth-order valence-corrected chi connectivity index (χ4v) is 4.90. The molecule has 0 N–H and O–H groups in total. The number of rotatable bonds is 2. The van der Waals surface area contributed by atoms with Crippen LogP contribution in [0, 0.1) is 0 Å². The van der Waals surface area contributed by atoms with Crippen LogP contribution in [0.3, 0.4) is 0 Å². The van der Waals surface area contributed by atoms with E-state index < -0.39 is 0 Å². The molecule has 0 fully saturated rings. The predicted molar refractivity (Wildman–Crippen MR) is 115 cm³/mol. The minimum atomic E-state index is 0.781. The average Bonchev–Trinajstić information content (AvgIpc) is 3.06. The summed E-state index contributed by atoms with van der Waals surface area (Å²) in [5.74, 6) is 0. The monoisotopic (exact) mass is 370 g/mol. The van der Waals surface area contributed by atoms with Gasteiger partial charge in [0.15, 0.2) is 0 Å². The van der Waals surface area contributed by atoms with Crippen LogP contribution in [0.1, 0.15) is 0 Å². The maximum atomic E-state index is 6.31. The SMILES string of the molecule is Clc1ccc2sc3cccc(-c4ccccc4-c4ccccc4)c3c2c1. The summed E-state index contributed by atoms with van der Waals surface area (Å²) >= 11 is 8.13. The summed E-state index contributed by atoms with van der Waals surface area (Å²) in [6.07, 6.45) is 0. The van der Waals surface area contributed by atoms with E-state index in [-0.39, 0.29) is 0 Å². The Morgan fingerprint density at radius 1 is 0.577 bits per heavy atom. The van der Waals surface area contributed by atoms with Gasteiger partial charge in [-0.1, -0.05) is 78.3 Å². The Kier molecular flexibility index (Phi) is 3.77. The quantitative estimate of drug-likeness (QED) is 0.295. The van der Waals surface area contributed by atoms with Crippen molar-refractivity contribution in [1.82, 2.24) is 0 Å². The van der Waals surface area contributed by atoms with Gasteiger partial charge >= 0.3 is 0 Å². The van der Waals surface area contributed by atoms with Crippen molar-refractivity contribution in [3.63, 3.8) is 0 Å². The highest BCUT2D eigenvalue weighted by atomic mass is 35.5. The van der Waals surface area contributed by atoms with Gasteiger partial charge in [0.2, 0.25) is 0 Å². The lowest BCUT2D eigenvalue weighted by atomic mass is 9.92. The first-order valence-corrected chi connectivity index (χ1v) is 9.76. The predicted octanol–water partition coefficient (Wildman–Crippen LogP) is 8.04. The van der Waals surface area contributed by atoms with E-state index in [9.17, 15) is 0 Å². The molecule has 0 saturated carbocycles. The van der Waals surface area contributed by atoms with E-state index in [1.165, 1.54) is 42.4 Å². The number of hydrogen-bond donors (Lipinski definition) is 0. The number of benzene rings is 4. The Balaban J connectivity index is 1.87. The maximum absolute atomic E-state index is 6.31. The van der Waals surface area contributed by atoms with Gasteiger partial charge < -0.3 is 0 Å². The number of halogens is 1. The molecule has 0 aliphatic heterocycles. The molecule has 0 unspecified atom stereocenters. The zero-order valence-corrected chi connectivity index (χ0v) is 15.5. The Morgan fingerprint density at radius 3 is 2.15 bits per heavy atom. The highest BCUT2D eigenvalue weighted by Gasteiger charge is 2.14. The molecule has 1 aromatic heterocycles. The molecule has 4 aromatic carbocycles. The lowest BCUT2D eigenvalue weighted by Crippen LogP contribution is -1.85. The molecule has 0 radical (unpaired) electrons. The normalized spacial score (nSPS) is 11.3. The first-order chi connectivity index (χ1) is 12.8. The second-order valence-electron chi connectivity index (χ2n) is 6.33. The molecule has 0 spiro atoms. The summed E-state index contributed by atoms with van der Waals surface area (Å²) in [5.41, 5.74) is 5.00. The van der Waals surface area contributed by atoms with E-state index in [1.54, 1.807) is 0 Å². The summed E-state index contributed by atoms with van der Waals surface area (Å²) in [6.45, 7) is 0. The minimum Gasteiger partial charge on any atom is -0.135 e. The van der Waals surface area contributed by atoms with E-state index in [2.05, 4.69) is 84.9 Å². The van der Waals surface area contributed by atoms with Crippen LogP contribution in [0.4, 0.5) is 0 Å². The lowest BCUT2D eigenvalue weighted by Gasteiger charge is -2.12. The zero-order valence-electron chi connectivity index (χ0n) is 13.9. The Labute approximate surface area is 161 Å². The molecule has 0 bridgehead atoms. The molecule has 0 aliphatic rings. The minimum absolute atomic E-state index is 0.781. The topological polar surface area (TPSA) is 0 Å². The molecular formula is C24H15ClS. The van der Waals surface area contributed by atoms with Crippen molar-refractivity contribution in [1.29, 1.82) is 0 Å². The molecule has 5 aromatic rings. The summed E-state index contributed by atoms with van der Waals surface area (Å²) < 4.78 is 2.57. The standard InChI is InChI=1S/C24H15ClS/c25-17-13-14-22-21(15-17)24-20(11-6-12-23(24)26-22)19-10-5-4-9-18(19)16-7-2-1-3-8-16/h1-15H. The van der Waals surface area contributed by atoms with E-state index in [1.807, 2.05) is 17.4 Å². The van der Waals surface area contributed by atoms with Gasteiger partial charge in [0.1, 0.15) is 0 Å². The number of hydrogen-bond acceptors (Lipinski definition) is 1. The molecule has 0 aliphatic carbocycles. The number of fused-ring (bicyclic) bond motifs is 3. The molecule has 0 nitrogen and oxygen atoms in total. The van der Waals surface area contributed by atoms with Crippen LogP contribution in [0.2, 0.25) is 5.02 Å². The molecule has 0 atom stereocenters. The molecule has 0 amide bonds. The zero-order chi connectivity index (χ0) is 17.5. The van der Waals surface area contributed by atoms with Gasteiger partial charge in [-0.2, -0.15) is 0 Å². The van der Waals surface area contributed by atoms with E-state index in [0.29, 0.717) is 0 Å². The van der Waals surface area contributed by atoms with Crippen LogP contribution < -0.4 is 0 Å². The van der Waals surface area contributed by atoms with E-state index >= 15 is 0 Å². The van der Waals surface area contributed by atoms with Gasteiger partial charge in [-0.05, 0) is 46.5 Å². The average molecular weight is 371 g/mol. The van der Waals surface area contributed by atoms with E-state index in [0.717, 1.165) is 5.02 Å².